The molecule has 0 bridgehead atoms. The third kappa shape index (κ3) is 3.54. The van der Waals surface area contributed by atoms with Gasteiger partial charge in [-0.2, -0.15) is 13.2 Å². The smallest absolute Gasteiger partial charge is 0.296 e. The van der Waals surface area contributed by atoms with E-state index in [1.165, 1.54) is 0 Å². The van der Waals surface area contributed by atoms with E-state index >= 15 is 0 Å². The third-order valence-electron chi connectivity index (χ3n) is 4.83. The van der Waals surface area contributed by atoms with Gasteiger partial charge in [0.15, 0.2) is 10.6 Å². The van der Waals surface area contributed by atoms with Gasteiger partial charge in [-0.25, -0.2) is 4.68 Å². The number of piperidine rings is 1. The Morgan fingerprint density at radius 2 is 2.08 bits per heavy atom. The van der Waals surface area contributed by atoms with E-state index in [0.29, 0.717) is 30.4 Å². The minimum atomic E-state index is -4.13. The Hall–Kier alpha value is -1.19. The first kappa shape index (κ1) is 17.2. The summed E-state index contributed by atoms with van der Waals surface area (Å²) >= 11 is 7.20. The van der Waals surface area contributed by atoms with Crippen molar-refractivity contribution in [3.63, 3.8) is 0 Å². The van der Waals surface area contributed by atoms with Gasteiger partial charge in [-0.3, -0.25) is 9.47 Å². The van der Waals surface area contributed by atoms with Gasteiger partial charge in [0.1, 0.15) is 0 Å². The highest BCUT2D eigenvalue weighted by Gasteiger charge is 2.42. The van der Waals surface area contributed by atoms with Crippen molar-refractivity contribution in [2.45, 2.75) is 44.6 Å². The number of hydrogen-bond donors (Lipinski definition) is 0. The summed E-state index contributed by atoms with van der Waals surface area (Å²) in [6, 6.07) is 4.35. The molecule has 2 fully saturated rings. The zero-order valence-electron chi connectivity index (χ0n) is 13.6. The predicted molar refractivity (Wildman–Crippen MR) is 93.0 cm³/mol. The molecular formula is C16H19F3N4S2. The zero-order chi connectivity index (χ0) is 17.6. The zero-order valence-corrected chi connectivity index (χ0v) is 15.2. The molecule has 1 saturated carbocycles. The van der Waals surface area contributed by atoms with Gasteiger partial charge in [-0.1, -0.05) is 6.07 Å². The number of rotatable bonds is 4. The van der Waals surface area contributed by atoms with E-state index < -0.39 is 12.1 Å². The van der Waals surface area contributed by atoms with Crippen molar-refractivity contribution in [3.05, 3.63) is 22.3 Å². The van der Waals surface area contributed by atoms with Crippen LogP contribution in [-0.2, 0) is 6.67 Å². The molecule has 0 aromatic carbocycles. The molecule has 0 amide bonds. The SMILES string of the molecule is FC(F)(F)[C@H]1CCCN(Cn2nc(-c3cccs3)n(C3CC3)c2=S)C1. The van der Waals surface area contributed by atoms with E-state index in [-0.39, 0.29) is 13.0 Å². The Morgan fingerprint density at radius 1 is 1.28 bits per heavy atom. The first-order valence-electron chi connectivity index (χ1n) is 8.46. The maximum atomic E-state index is 13.0. The summed E-state index contributed by atoms with van der Waals surface area (Å²) in [6.45, 7) is 0.998. The Labute approximate surface area is 152 Å². The fraction of sp³-hybridized carbons (Fsp3) is 0.625. The van der Waals surface area contributed by atoms with E-state index in [1.54, 1.807) is 16.0 Å². The molecule has 4 nitrogen and oxygen atoms in total. The second kappa shape index (κ2) is 6.51. The minimum absolute atomic E-state index is 0.0237. The molecule has 2 aliphatic rings. The number of alkyl halides is 3. The van der Waals surface area contributed by atoms with E-state index in [2.05, 4.69) is 9.67 Å². The predicted octanol–water partition coefficient (Wildman–Crippen LogP) is 4.71. The number of likely N-dealkylation sites (tertiary alicyclic amines) is 1. The van der Waals surface area contributed by atoms with Crippen molar-refractivity contribution in [2.75, 3.05) is 13.1 Å². The highest BCUT2D eigenvalue weighted by Crippen LogP contribution is 2.39. The Bertz CT molecular complexity index is 789. The largest absolute Gasteiger partial charge is 0.393 e. The highest BCUT2D eigenvalue weighted by molar-refractivity contribution is 7.71. The van der Waals surface area contributed by atoms with Crippen LogP contribution in [-0.4, -0.2) is 38.5 Å². The van der Waals surface area contributed by atoms with Crippen molar-refractivity contribution in [3.8, 4) is 10.7 Å². The van der Waals surface area contributed by atoms with E-state index in [9.17, 15) is 13.2 Å². The first-order chi connectivity index (χ1) is 11.9. The monoisotopic (exact) mass is 388 g/mol. The molecule has 136 valence electrons. The second-order valence-corrected chi connectivity index (χ2v) is 8.10. The molecular weight excluding hydrogens is 369 g/mol. The van der Waals surface area contributed by atoms with E-state index in [1.807, 2.05) is 22.4 Å². The number of aromatic nitrogens is 3. The van der Waals surface area contributed by atoms with Gasteiger partial charge in [0.2, 0.25) is 0 Å². The van der Waals surface area contributed by atoms with Gasteiger partial charge in [-0.15, -0.1) is 16.4 Å². The molecule has 1 aliphatic heterocycles. The molecule has 9 heteroatoms. The molecule has 1 atom stereocenters. The summed E-state index contributed by atoms with van der Waals surface area (Å²) in [4.78, 5) is 2.86. The van der Waals surface area contributed by atoms with Crippen molar-refractivity contribution in [1.82, 2.24) is 19.2 Å². The highest BCUT2D eigenvalue weighted by atomic mass is 32.1. The molecule has 3 heterocycles. The lowest BCUT2D eigenvalue weighted by Gasteiger charge is -2.33. The molecule has 0 spiro atoms. The van der Waals surface area contributed by atoms with Gasteiger partial charge in [0, 0.05) is 12.6 Å². The van der Waals surface area contributed by atoms with Gasteiger partial charge >= 0.3 is 6.18 Å². The summed E-state index contributed by atoms with van der Waals surface area (Å²) in [7, 11) is 0. The summed E-state index contributed by atoms with van der Waals surface area (Å²) in [5, 5.41) is 6.65. The van der Waals surface area contributed by atoms with E-state index in [4.69, 9.17) is 12.2 Å². The van der Waals surface area contributed by atoms with E-state index in [0.717, 1.165) is 23.5 Å². The maximum Gasteiger partial charge on any atom is 0.393 e. The number of halogens is 3. The first-order valence-corrected chi connectivity index (χ1v) is 9.74. The van der Waals surface area contributed by atoms with Gasteiger partial charge in [-0.05, 0) is 55.9 Å². The van der Waals surface area contributed by atoms with Gasteiger partial charge in [0.05, 0.1) is 17.5 Å². The Morgan fingerprint density at radius 3 is 2.72 bits per heavy atom. The van der Waals surface area contributed by atoms with Gasteiger partial charge in [0.25, 0.3) is 0 Å². The molecule has 1 saturated heterocycles. The topological polar surface area (TPSA) is 26.0 Å². The van der Waals surface area contributed by atoms with Crippen LogP contribution < -0.4 is 0 Å². The lowest BCUT2D eigenvalue weighted by molar-refractivity contribution is -0.188. The Kier molecular flexibility index (Phi) is 4.49. The second-order valence-electron chi connectivity index (χ2n) is 6.78. The lowest BCUT2D eigenvalue weighted by atomic mass is 9.98. The average Bonchev–Trinajstić information content (AvgIpc) is 3.14. The third-order valence-corrected chi connectivity index (χ3v) is 6.10. The van der Waals surface area contributed by atoms with Gasteiger partial charge < -0.3 is 0 Å². The van der Waals surface area contributed by atoms with Crippen LogP contribution in [0, 0.1) is 10.7 Å². The van der Waals surface area contributed by atoms with Crippen LogP contribution in [0.5, 0.6) is 0 Å². The standard InChI is InChI=1S/C16H19F3N4S2/c17-16(18,19)11-3-1-7-21(9-11)10-22-15(24)23(12-5-6-12)14(20-22)13-4-2-8-25-13/h2,4,8,11-12H,1,3,5-7,9-10H2/t11-/m0/s1. The minimum Gasteiger partial charge on any atom is -0.296 e. The fourth-order valence-electron chi connectivity index (χ4n) is 3.39. The van der Waals surface area contributed by atoms with Crippen molar-refractivity contribution >= 4 is 23.6 Å². The Balaban J connectivity index is 1.59. The summed E-state index contributed by atoms with van der Waals surface area (Å²) in [5.74, 6) is -0.412. The van der Waals surface area contributed by atoms with Crippen LogP contribution in [0.25, 0.3) is 10.7 Å². The quantitative estimate of drug-likeness (QED) is 0.710. The molecule has 2 aromatic heterocycles. The van der Waals surface area contributed by atoms with Crippen LogP contribution in [0.15, 0.2) is 17.5 Å². The van der Waals surface area contributed by atoms with Crippen LogP contribution in [0.4, 0.5) is 13.2 Å². The fourth-order valence-corrected chi connectivity index (χ4v) is 4.43. The van der Waals surface area contributed by atoms with Crippen LogP contribution >= 0.6 is 23.6 Å². The summed E-state index contributed by atoms with van der Waals surface area (Å²) in [5.41, 5.74) is 0. The lowest BCUT2D eigenvalue weighted by Crippen LogP contribution is -2.42. The summed E-state index contributed by atoms with van der Waals surface area (Å²) in [6.07, 6.45) is -1.20. The number of nitrogens with zero attached hydrogens (tertiary/aromatic N) is 4. The number of hydrogen-bond acceptors (Lipinski definition) is 4. The molecule has 0 unspecified atom stereocenters. The molecule has 1 aliphatic carbocycles. The molecule has 0 N–H and O–H groups in total. The maximum absolute atomic E-state index is 13.0. The normalized spacial score (nSPS) is 22.4. The van der Waals surface area contributed by atoms with Crippen LogP contribution in [0.1, 0.15) is 31.7 Å². The van der Waals surface area contributed by atoms with Crippen LogP contribution in [0.2, 0.25) is 0 Å². The van der Waals surface area contributed by atoms with Crippen LogP contribution in [0.3, 0.4) is 0 Å². The summed E-state index contributed by atoms with van der Waals surface area (Å²) < 4.78 is 43.5. The number of thiophene rings is 1. The average molecular weight is 388 g/mol. The molecule has 2 aromatic rings. The molecule has 25 heavy (non-hydrogen) atoms. The molecule has 0 radical (unpaired) electrons. The van der Waals surface area contributed by atoms with Crippen molar-refractivity contribution < 1.29 is 13.2 Å². The molecule has 4 rings (SSSR count). The van der Waals surface area contributed by atoms with Crippen molar-refractivity contribution in [2.24, 2.45) is 5.92 Å². The van der Waals surface area contributed by atoms with Crippen molar-refractivity contribution in [1.29, 1.82) is 0 Å².